The smallest absolute Gasteiger partial charge is 0.0336 e. The molecule has 0 aliphatic heterocycles. The van der Waals surface area contributed by atoms with Gasteiger partial charge in [-0.15, -0.1) is 11.6 Å². The van der Waals surface area contributed by atoms with Crippen LogP contribution in [0.1, 0.15) is 65.7 Å². The van der Waals surface area contributed by atoms with Gasteiger partial charge in [0.2, 0.25) is 0 Å². The highest BCUT2D eigenvalue weighted by atomic mass is 35.5. The zero-order valence-corrected chi connectivity index (χ0v) is 11.4. The van der Waals surface area contributed by atoms with E-state index in [2.05, 4.69) is 20.8 Å². The molecule has 15 heavy (non-hydrogen) atoms. The Morgan fingerprint density at radius 2 is 1.67 bits per heavy atom. The minimum atomic E-state index is 0.433. The predicted octanol–water partition coefficient (Wildman–Crippen LogP) is 5.25. The van der Waals surface area contributed by atoms with E-state index in [0.29, 0.717) is 5.38 Å². The molecule has 0 heterocycles. The van der Waals surface area contributed by atoms with Crippen molar-refractivity contribution in [2.24, 2.45) is 17.8 Å². The summed E-state index contributed by atoms with van der Waals surface area (Å²) in [7, 11) is 0. The Balaban J connectivity index is 2.20. The molecular formula is C14H27Cl. The second-order valence-corrected chi connectivity index (χ2v) is 6.36. The topological polar surface area (TPSA) is 0 Å². The molecule has 90 valence electrons. The van der Waals surface area contributed by atoms with Crippen LogP contribution in [0, 0.1) is 17.8 Å². The van der Waals surface area contributed by atoms with E-state index in [1.807, 2.05) is 0 Å². The highest BCUT2D eigenvalue weighted by Gasteiger charge is 2.23. The minimum Gasteiger partial charge on any atom is -0.123 e. The van der Waals surface area contributed by atoms with Crippen LogP contribution >= 0.6 is 11.6 Å². The Hall–Kier alpha value is 0.290. The van der Waals surface area contributed by atoms with E-state index in [4.69, 9.17) is 11.6 Å². The summed E-state index contributed by atoms with van der Waals surface area (Å²) in [5.74, 6) is 2.85. The summed E-state index contributed by atoms with van der Waals surface area (Å²) in [6.07, 6.45) is 9.35. The molecule has 0 saturated heterocycles. The first-order valence-corrected chi connectivity index (χ1v) is 7.19. The van der Waals surface area contributed by atoms with Gasteiger partial charge >= 0.3 is 0 Å². The lowest BCUT2D eigenvalue weighted by Crippen LogP contribution is -2.20. The molecule has 0 aromatic rings. The van der Waals surface area contributed by atoms with Crippen molar-refractivity contribution in [3.63, 3.8) is 0 Å². The van der Waals surface area contributed by atoms with E-state index in [9.17, 15) is 0 Å². The minimum absolute atomic E-state index is 0.433. The second-order valence-electron chi connectivity index (χ2n) is 5.75. The average molecular weight is 231 g/mol. The van der Waals surface area contributed by atoms with Crippen LogP contribution in [0.3, 0.4) is 0 Å². The number of hydrogen-bond donors (Lipinski definition) is 0. The summed E-state index contributed by atoms with van der Waals surface area (Å²) in [5.41, 5.74) is 0. The van der Waals surface area contributed by atoms with Gasteiger partial charge in [-0.05, 0) is 56.3 Å². The van der Waals surface area contributed by atoms with Gasteiger partial charge in [0, 0.05) is 5.38 Å². The van der Waals surface area contributed by atoms with Crippen LogP contribution < -0.4 is 0 Å². The van der Waals surface area contributed by atoms with Gasteiger partial charge in [0.25, 0.3) is 0 Å². The van der Waals surface area contributed by atoms with Crippen molar-refractivity contribution in [3.8, 4) is 0 Å². The van der Waals surface area contributed by atoms with Gasteiger partial charge in [0.05, 0.1) is 0 Å². The van der Waals surface area contributed by atoms with Crippen LogP contribution in [0.4, 0.5) is 0 Å². The summed E-state index contributed by atoms with van der Waals surface area (Å²) in [4.78, 5) is 0. The number of alkyl halides is 1. The van der Waals surface area contributed by atoms with Crippen LogP contribution in [0.5, 0.6) is 0 Å². The Morgan fingerprint density at radius 1 is 1.07 bits per heavy atom. The maximum atomic E-state index is 6.27. The SMILES string of the molecule is CCCC(Cl)CCC1CC(C)CC(C)C1. The molecule has 0 amide bonds. The summed E-state index contributed by atoms with van der Waals surface area (Å²) in [5, 5.41) is 0.433. The molecule has 0 radical (unpaired) electrons. The van der Waals surface area contributed by atoms with Crippen LogP contribution in [0.2, 0.25) is 0 Å². The molecule has 0 aromatic carbocycles. The van der Waals surface area contributed by atoms with E-state index in [1.54, 1.807) is 0 Å². The van der Waals surface area contributed by atoms with Crippen molar-refractivity contribution < 1.29 is 0 Å². The highest BCUT2D eigenvalue weighted by molar-refractivity contribution is 6.20. The normalized spacial score (nSPS) is 34.0. The van der Waals surface area contributed by atoms with Crippen LogP contribution in [-0.2, 0) is 0 Å². The van der Waals surface area contributed by atoms with E-state index in [0.717, 1.165) is 17.8 Å². The lowest BCUT2D eigenvalue weighted by atomic mass is 9.75. The zero-order chi connectivity index (χ0) is 11.3. The molecule has 0 bridgehead atoms. The van der Waals surface area contributed by atoms with E-state index in [-0.39, 0.29) is 0 Å². The first kappa shape index (κ1) is 13.4. The van der Waals surface area contributed by atoms with Crippen LogP contribution in [0.25, 0.3) is 0 Å². The fourth-order valence-corrected chi connectivity index (χ4v) is 3.57. The molecule has 1 saturated carbocycles. The van der Waals surface area contributed by atoms with E-state index in [1.165, 1.54) is 44.9 Å². The van der Waals surface area contributed by atoms with Gasteiger partial charge < -0.3 is 0 Å². The Bertz CT molecular complexity index is 157. The Morgan fingerprint density at radius 3 is 2.20 bits per heavy atom. The first-order valence-electron chi connectivity index (χ1n) is 6.75. The summed E-state index contributed by atoms with van der Waals surface area (Å²) in [6, 6.07) is 0. The Labute approximate surface area is 101 Å². The average Bonchev–Trinajstić information content (AvgIpc) is 2.14. The molecule has 1 aliphatic rings. The summed E-state index contributed by atoms with van der Waals surface area (Å²) >= 11 is 6.27. The number of halogens is 1. The van der Waals surface area contributed by atoms with Gasteiger partial charge in [-0.25, -0.2) is 0 Å². The third kappa shape index (κ3) is 5.24. The van der Waals surface area contributed by atoms with Crippen molar-refractivity contribution in [3.05, 3.63) is 0 Å². The van der Waals surface area contributed by atoms with Gasteiger partial charge in [-0.2, -0.15) is 0 Å². The monoisotopic (exact) mass is 230 g/mol. The van der Waals surface area contributed by atoms with E-state index < -0.39 is 0 Å². The molecule has 1 heteroatoms. The number of rotatable bonds is 5. The summed E-state index contributed by atoms with van der Waals surface area (Å²) < 4.78 is 0. The van der Waals surface area contributed by atoms with Crippen molar-refractivity contribution in [2.75, 3.05) is 0 Å². The maximum Gasteiger partial charge on any atom is 0.0336 e. The second kappa shape index (κ2) is 6.78. The van der Waals surface area contributed by atoms with Crippen molar-refractivity contribution in [1.82, 2.24) is 0 Å². The molecule has 1 aliphatic carbocycles. The van der Waals surface area contributed by atoms with Crippen molar-refractivity contribution >= 4 is 11.6 Å². The molecule has 3 unspecified atom stereocenters. The lowest BCUT2D eigenvalue weighted by Gasteiger charge is -2.31. The molecule has 1 fully saturated rings. The predicted molar refractivity (Wildman–Crippen MR) is 69.5 cm³/mol. The molecule has 3 atom stereocenters. The van der Waals surface area contributed by atoms with Crippen LogP contribution in [0.15, 0.2) is 0 Å². The quantitative estimate of drug-likeness (QED) is 0.566. The van der Waals surface area contributed by atoms with Gasteiger partial charge in [-0.3, -0.25) is 0 Å². The van der Waals surface area contributed by atoms with Crippen molar-refractivity contribution in [2.45, 2.75) is 71.1 Å². The fourth-order valence-electron chi connectivity index (χ4n) is 3.22. The third-order valence-corrected chi connectivity index (χ3v) is 4.20. The Kier molecular flexibility index (Phi) is 6.04. The highest BCUT2D eigenvalue weighted by Crippen LogP contribution is 2.35. The molecule has 0 aromatic heterocycles. The molecule has 0 nitrogen and oxygen atoms in total. The largest absolute Gasteiger partial charge is 0.123 e. The van der Waals surface area contributed by atoms with Gasteiger partial charge in [0.1, 0.15) is 0 Å². The number of hydrogen-bond acceptors (Lipinski definition) is 0. The van der Waals surface area contributed by atoms with Gasteiger partial charge in [0.15, 0.2) is 0 Å². The molecule has 0 N–H and O–H groups in total. The summed E-state index contributed by atoms with van der Waals surface area (Å²) in [6.45, 7) is 7.04. The lowest BCUT2D eigenvalue weighted by molar-refractivity contribution is 0.206. The van der Waals surface area contributed by atoms with Crippen molar-refractivity contribution in [1.29, 1.82) is 0 Å². The van der Waals surface area contributed by atoms with Crippen LogP contribution in [-0.4, -0.2) is 5.38 Å². The molecule has 1 rings (SSSR count). The zero-order valence-electron chi connectivity index (χ0n) is 10.6. The van der Waals surface area contributed by atoms with E-state index >= 15 is 0 Å². The first-order chi connectivity index (χ1) is 7.11. The molecular weight excluding hydrogens is 204 g/mol. The molecule has 0 spiro atoms. The third-order valence-electron chi connectivity index (χ3n) is 3.77. The standard InChI is InChI=1S/C14H27Cl/c1-4-5-14(15)7-6-13-9-11(2)8-12(3)10-13/h11-14H,4-10H2,1-3H3. The fraction of sp³-hybridized carbons (Fsp3) is 1.00. The van der Waals surface area contributed by atoms with Gasteiger partial charge in [-0.1, -0.05) is 27.2 Å². The maximum absolute atomic E-state index is 6.27.